The minimum Gasteiger partial charge on any atom is -0.497 e. The normalized spacial score (nSPS) is 19.7. The number of rotatable bonds is 2. The number of pyridine rings is 1. The van der Waals surface area contributed by atoms with Gasteiger partial charge in [0.2, 0.25) is 0 Å². The zero-order chi connectivity index (χ0) is 11.7. The highest BCUT2D eigenvalue weighted by atomic mass is 16.5. The number of hydrogen-bond acceptors (Lipinski definition) is 3. The maximum absolute atomic E-state index is 5.25. The molecule has 3 rings (SSSR count). The van der Waals surface area contributed by atoms with Gasteiger partial charge in [0.15, 0.2) is 0 Å². The Hall–Kier alpha value is -1.61. The predicted octanol–water partition coefficient (Wildman–Crippen LogP) is 2.32. The van der Waals surface area contributed by atoms with E-state index in [0.717, 1.165) is 18.8 Å². The fourth-order valence-electron chi connectivity index (χ4n) is 2.52. The number of fused-ring (bicyclic) bond motifs is 1. The minimum atomic E-state index is 0.548. The van der Waals surface area contributed by atoms with Crippen LogP contribution in [0.2, 0.25) is 0 Å². The van der Waals surface area contributed by atoms with Crippen molar-refractivity contribution >= 4 is 10.8 Å². The van der Waals surface area contributed by atoms with E-state index in [1.54, 1.807) is 7.11 Å². The third-order valence-electron chi connectivity index (χ3n) is 3.45. The molecule has 1 saturated heterocycles. The molecule has 1 aromatic carbocycles. The summed E-state index contributed by atoms with van der Waals surface area (Å²) in [6, 6.07) is 8.25. The minimum absolute atomic E-state index is 0.548. The molecule has 0 saturated carbocycles. The van der Waals surface area contributed by atoms with Crippen LogP contribution in [0.1, 0.15) is 18.0 Å². The van der Waals surface area contributed by atoms with Crippen LogP contribution >= 0.6 is 0 Å². The van der Waals surface area contributed by atoms with Gasteiger partial charge in [-0.1, -0.05) is 0 Å². The third kappa shape index (κ3) is 1.87. The molecule has 1 fully saturated rings. The van der Waals surface area contributed by atoms with Crippen LogP contribution < -0.4 is 10.1 Å². The molecule has 0 amide bonds. The maximum atomic E-state index is 5.25. The average molecular weight is 228 g/mol. The molecule has 0 bridgehead atoms. The zero-order valence-electron chi connectivity index (χ0n) is 9.94. The molecule has 2 heterocycles. The number of nitrogens with one attached hydrogen (secondary N) is 1. The van der Waals surface area contributed by atoms with Gasteiger partial charge in [-0.05, 0) is 42.6 Å². The van der Waals surface area contributed by atoms with Crippen molar-refractivity contribution in [2.75, 3.05) is 20.2 Å². The van der Waals surface area contributed by atoms with Crippen LogP contribution in [0, 0.1) is 0 Å². The third-order valence-corrected chi connectivity index (χ3v) is 3.45. The number of benzene rings is 1. The van der Waals surface area contributed by atoms with Crippen molar-refractivity contribution in [3.8, 4) is 5.75 Å². The summed E-state index contributed by atoms with van der Waals surface area (Å²) in [7, 11) is 1.70. The summed E-state index contributed by atoms with van der Waals surface area (Å²) in [5.41, 5.74) is 1.22. The Morgan fingerprint density at radius 3 is 3.06 bits per heavy atom. The smallest absolute Gasteiger partial charge is 0.119 e. The second kappa shape index (κ2) is 4.34. The van der Waals surface area contributed by atoms with E-state index in [0.29, 0.717) is 5.92 Å². The monoisotopic (exact) mass is 228 g/mol. The molecule has 0 spiro atoms. The Morgan fingerprint density at radius 2 is 2.29 bits per heavy atom. The van der Waals surface area contributed by atoms with Crippen LogP contribution in [0.4, 0.5) is 0 Å². The first-order valence-corrected chi connectivity index (χ1v) is 6.02. The van der Waals surface area contributed by atoms with Crippen LogP contribution in [0.3, 0.4) is 0 Å². The molecular formula is C14H16N2O. The van der Waals surface area contributed by atoms with Gasteiger partial charge >= 0.3 is 0 Å². The van der Waals surface area contributed by atoms with Crippen molar-refractivity contribution in [3.63, 3.8) is 0 Å². The fraction of sp³-hybridized carbons (Fsp3) is 0.357. The van der Waals surface area contributed by atoms with Crippen molar-refractivity contribution in [1.29, 1.82) is 0 Å². The standard InChI is InChI=1S/C14H16N2O/c1-17-12-2-3-13-10(8-12)5-7-16-14(13)11-4-6-15-9-11/h2-3,5,7-8,11,15H,4,6,9H2,1H3. The van der Waals surface area contributed by atoms with E-state index in [1.807, 2.05) is 18.3 Å². The molecule has 1 aliphatic heterocycles. The molecule has 0 radical (unpaired) electrons. The van der Waals surface area contributed by atoms with E-state index in [-0.39, 0.29) is 0 Å². The molecule has 1 aromatic heterocycles. The second-order valence-corrected chi connectivity index (χ2v) is 4.47. The van der Waals surface area contributed by atoms with E-state index in [2.05, 4.69) is 22.4 Å². The Morgan fingerprint density at radius 1 is 1.35 bits per heavy atom. The second-order valence-electron chi connectivity index (χ2n) is 4.47. The highest BCUT2D eigenvalue weighted by molar-refractivity contribution is 5.86. The lowest BCUT2D eigenvalue weighted by atomic mass is 9.98. The van der Waals surface area contributed by atoms with Gasteiger partial charge in [0.1, 0.15) is 5.75 Å². The van der Waals surface area contributed by atoms with Crippen molar-refractivity contribution in [1.82, 2.24) is 10.3 Å². The van der Waals surface area contributed by atoms with Crippen LogP contribution in [-0.4, -0.2) is 25.2 Å². The van der Waals surface area contributed by atoms with Gasteiger partial charge < -0.3 is 10.1 Å². The maximum Gasteiger partial charge on any atom is 0.119 e. The fourth-order valence-corrected chi connectivity index (χ4v) is 2.52. The lowest BCUT2D eigenvalue weighted by Crippen LogP contribution is -2.09. The van der Waals surface area contributed by atoms with E-state index in [4.69, 9.17) is 4.74 Å². The van der Waals surface area contributed by atoms with E-state index in [9.17, 15) is 0 Å². The first-order valence-electron chi connectivity index (χ1n) is 6.02. The van der Waals surface area contributed by atoms with Crippen LogP contribution in [-0.2, 0) is 0 Å². The molecule has 1 N–H and O–H groups in total. The van der Waals surface area contributed by atoms with Gasteiger partial charge in [-0.2, -0.15) is 0 Å². The molecule has 2 aromatic rings. The van der Waals surface area contributed by atoms with Crippen LogP contribution in [0.25, 0.3) is 10.8 Å². The van der Waals surface area contributed by atoms with E-state index >= 15 is 0 Å². The largest absolute Gasteiger partial charge is 0.497 e. The highest BCUT2D eigenvalue weighted by Gasteiger charge is 2.19. The quantitative estimate of drug-likeness (QED) is 0.856. The predicted molar refractivity (Wildman–Crippen MR) is 68.5 cm³/mol. The number of ether oxygens (including phenoxy) is 1. The first kappa shape index (κ1) is 10.5. The van der Waals surface area contributed by atoms with Gasteiger partial charge in [-0.15, -0.1) is 0 Å². The molecule has 1 atom stereocenters. The van der Waals surface area contributed by atoms with Crippen molar-refractivity contribution in [3.05, 3.63) is 36.2 Å². The van der Waals surface area contributed by atoms with Crippen molar-refractivity contribution in [2.45, 2.75) is 12.3 Å². The first-order chi connectivity index (χ1) is 8.38. The number of aromatic nitrogens is 1. The number of nitrogens with zero attached hydrogens (tertiary/aromatic N) is 1. The Labute approximate surface area is 101 Å². The Bertz CT molecular complexity index is 533. The summed E-state index contributed by atoms with van der Waals surface area (Å²) in [5, 5.41) is 5.85. The number of hydrogen-bond donors (Lipinski definition) is 1. The zero-order valence-corrected chi connectivity index (χ0v) is 9.94. The Balaban J connectivity index is 2.12. The molecule has 3 heteroatoms. The Kier molecular flexibility index (Phi) is 2.69. The van der Waals surface area contributed by atoms with Crippen molar-refractivity contribution < 1.29 is 4.74 Å². The summed E-state index contributed by atoms with van der Waals surface area (Å²) in [6.07, 6.45) is 3.08. The summed E-state index contributed by atoms with van der Waals surface area (Å²) in [6.45, 7) is 2.14. The molecule has 0 aliphatic carbocycles. The summed E-state index contributed by atoms with van der Waals surface area (Å²) in [5.74, 6) is 1.45. The number of methoxy groups -OCH3 is 1. The summed E-state index contributed by atoms with van der Waals surface area (Å²) < 4.78 is 5.25. The van der Waals surface area contributed by atoms with Gasteiger partial charge in [-0.25, -0.2) is 0 Å². The molecular weight excluding hydrogens is 212 g/mol. The topological polar surface area (TPSA) is 34.1 Å². The summed E-state index contributed by atoms with van der Waals surface area (Å²) in [4.78, 5) is 4.56. The van der Waals surface area contributed by atoms with Gasteiger partial charge in [0.05, 0.1) is 12.8 Å². The van der Waals surface area contributed by atoms with Crippen LogP contribution in [0.5, 0.6) is 5.75 Å². The summed E-state index contributed by atoms with van der Waals surface area (Å²) >= 11 is 0. The van der Waals surface area contributed by atoms with Gasteiger partial charge in [0.25, 0.3) is 0 Å². The molecule has 1 unspecified atom stereocenters. The lowest BCUT2D eigenvalue weighted by Gasteiger charge is -2.11. The SMILES string of the molecule is COc1ccc2c(C3CCNC3)nccc2c1. The van der Waals surface area contributed by atoms with Gasteiger partial charge in [0, 0.05) is 24.0 Å². The lowest BCUT2D eigenvalue weighted by molar-refractivity contribution is 0.415. The molecule has 88 valence electrons. The average Bonchev–Trinajstić information content (AvgIpc) is 2.91. The van der Waals surface area contributed by atoms with Crippen molar-refractivity contribution in [2.24, 2.45) is 0 Å². The highest BCUT2D eigenvalue weighted by Crippen LogP contribution is 2.29. The molecule has 1 aliphatic rings. The molecule has 17 heavy (non-hydrogen) atoms. The van der Waals surface area contributed by atoms with Gasteiger partial charge in [-0.3, -0.25) is 4.98 Å². The van der Waals surface area contributed by atoms with E-state index < -0.39 is 0 Å². The van der Waals surface area contributed by atoms with Crippen LogP contribution in [0.15, 0.2) is 30.5 Å². The van der Waals surface area contributed by atoms with E-state index in [1.165, 1.54) is 22.9 Å². The molecule has 3 nitrogen and oxygen atoms in total.